The molecule has 4 nitrogen and oxygen atoms in total. The molecule has 0 atom stereocenters. The van der Waals surface area contributed by atoms with Crippen LogP contribution in [0.4, 0.5) is 4.39 Å². The van der Waals surface area contributed by atoms with E-state index in [1.54, 1.807) is 7.05 Å². The Morgan fingerprint density at radius 3 is 2.67 bits per heavy atom. The van der Waals surface area contributed by atoms with Crippen LogP contribution in [0.3, 0.4) is 0 Å². The molecule has 2 rings (SSSR count). The van der Waals surface area contributed by atoms with E-state index >= 15 is 0 Å². The summed E-state index contributed by atoms with van der Waals surface area (Å²) in [5, 5.41) is 2.69. The number of thiocarbonyl (C=S) groups is 1. The second-order valence-electron chi connectivity index (χ2n) is 5.38. The number of halogens is 1. The highest BCUT2D eigenvalue weighted by atomic mass is 32.1. The van der Waals surface area contributed by atoms with Crippen molar-refractivity contribution >= 4 is 23.1 Å². The number of likely N-dealkylation sites (tertiary alicyclic amines) is 1. The van der Waals surface area contributed by atoms with Crippen molar-refractivity contribution in [1.29, 1.82) is 0 Å². The first-order valence-corrected chi connectivity index (χ1v) is 7.43. The lowest BCUT2D eigenvalue weighted by molar-refractivity contribution is -0.125. The fourth-order valence-corrected chi connectivity index (χ4v) is 2.82. The zero-order valence-corrected chi connectivity index (χ0v) is 12.9. The highest BCUT2D eigenvalue weighted by Gasteiger charge is 2.24. The van der Waals surface area contributed by atoms with Gasteiger partial charge in [0.05, 0.1) is 0 Å². The SMILES string of the molecule is CNC(=O)C1CCN(Cc2cc(F)cc(C(N)=S)c2)CC1. The van der Waals surface area contributed by atoms with E-state index in [2.05, 4.69) is 10.2 Å². The molecular formula is C15H20FN3OS. The van der Waals surface area contributed by atoms with Gasteiger partial charge in [-0.1, -0.05) is 12.2 Å². The molecule has 1 amide bonds. The van der Waals surface area contributed by atoms with Gasteiger partial charge in [-0.2, -0.15) is 0 Å². The van der Waals surface area contributed by atoms with Gasteiger partial charge < -0.3 is 11.1 Å². The largest absolute Gasteiger partial charge is 0.389 e. The number of amides is 1. The van der Waals surface area contributed by atoms with Crippen molar-refractivity contribution in [3.8, 4) is 0 Å². The van der Waals surface area contributed by atoms with Gasteiger partial charge in [0, 0.05) is 25.1 Å². The second kappa shape index (κ2) is 6.95. The first kappa shape index (κ1) is 15.9. The smallest absolute Gasteiger partial charge is 0.222 e. The molecule has 0 bridgehead atoms. The van der Waals surface area contributed by atoms with Crippen LogP contribution in [0.15, 0.2) is 18.2 Å². The van der Waals surface area contributed by atoms with Gasteiger partial charge in [0.1, 0.15) is 10.8 Å². The number of carbonyl (C=O) groups is 1. The van der Waals surface area contributed by atoms with Crippen molar-refractivity contribution in [3.63, 3.8) is 0 Å². The van der Waals surface area contributed by atoms with Gasteiger partial charge in [-0.25, -0.2) is 4.39 Å². The number of piperidine rings is 1. The van der Waals surface area contributed by atoms with E-state index in [1.165, 1.54) is 12.1 Å². The third kappa shape index (κ3) is 4.22. The molecule has 3 N–H and O–H groups in total. The second-order valence-corrected chi connectivity index (χ2v) is 5.82. The molecule has 0 aliphatic carbocycles. The molecule has 1 heterocycles. The highest BCUT2D eigenvalue weighted by Crippen LogP contribution is 2.20. The molecule has 1 aliphatic rings. The van der Waals surface area contributed by atoms with Gasteiger partial charge in [-0.3, -0.25) is 9.69 Å². The number of carbonyl (C=O) groups excluding carboxylic acids is 1. The quantitative estimate of drug-likeness (QED) is 0.826. The topological polar surface area (TPSA) is 58.4 Å². The van der Waals surface area contributed by atoms with Gasteiger partial charge in [0.25, 0.3) is 0 Å². The first-order chi connectivity index (χ1) is 9.99. The van der Waals surface area contributed by atoms with Crippen LogP contribution >= 0.6 is 12.2 Å². The van der Waals surface area contributed by atoms with E-state index in [9.17, 15) is 9.18 Å². The zero-order chi connectivity index (χ0) is 15.4. The summed E-state index contributed by atoms with van der Waals surface area (Å²) >= 11 is 4.90. The van der Waals surface area contributed by atoms with Gasteiger partial charge in [-0.05, 0) is 49.7 Å². The Labute approximate surface area is 129 Å². The first-order valence-electron chi connectivity index (χ1n) is 7.03. The summed E-state index contributed by atoms with van der Waals surface area (Å²) in [6.07, 6.45) is 1.66. The molecule has 21 heavy (non-hydrogen) atoms. The van der Waals surface area contributed by atoms with Crippen molar-refractivity contribution in [1.82, 2.24) is 10.2 Å². The molecule has 1 fully saturated rings. The number of nitrogens with two attached hydrogens (primary N) is 1. The minimum absolute atomic E-state index is 0.0888. The third-order valence-electron chi connectivity index (χ3n) is 3.85. The Hall–Kier alpha value is -1.53. The third-order valence-corrected chi connectivity index (χ3v) is 4.09. The van der Waals surface area contributed by atoms with Gasteiger partial charge in [0.15, 0.2) is 0 Å². The van der Waals surface area contributed by atoms with Gasteiger partial charge in [0.2, 0.25) is 5.91 Å². The van der Waals surface area contributed by atoms with Crippen LogP contribution in [0.2, 0.25) is 0 Å². The lowest BCUT2D eigenvalue weighted by atomic mass is 9.95. The van der Waals surface area contributed by atoms with E-state index < -0.39 is 0 Å². The zero-order valence-electron chi connectivity index (χ0n) is 12.1. The summed E-state index contributed by atoms with van der Waals surface area (Å²) < 4.78 is 13.6. The van der Waals surface area contributed by atoms with Gasteiger partial charge >= 0.3 is 0 Å². The van der Waals surface area contributed by atoms with Crippen LogP contribution in [-0.2, 0) is 11.3 Å². The van der Waals surface area contributed by atoms with Crippen LogP contribution in [0, 0.1) is 11.7 Å². The van der Waals surface area contributed by atoms with Crippen molar-refractivity contribution in [2.75, 3.05) is 20.1 Å². The highest BCUT2D eigenvalue weighted by molar-refractivity contribution is 7.80. The number of benzene rings is 1. The Morgan fingerprint density at radius 1 is 1.43 bits per heavy atom. The van der Waals surface area contributed by atoms with E-state index in [-0.39, 0.29) is 22.6 Å². The number of hydrogen-bond donors (Lipinski definition) is 2. The van der Waals surface area contributed by atoms with Crippen molar-refractivity contribution in [2.45, 2.75) is 19.4 Å². The summed E-state index contributed by atoms with van der Waals surface area (Å²) in [6, 6.07) is 4.69. The molecule has 114 valence electrons. The lowest BCUT2D eigenvalue weighted by Gasteiger charge is -2.31. The number of nitrogens with zero attached hydrogens (tertiary/aromatic N) is 1. The normalized spacial score (nSPS) is 16.7. The summed E-state index contributed by atoms with van der Waals surface area (Å²) in [5.74, 6) is -0.127. The van der Waals surface area contributed by atoms with Gasteiger partial charge in [-0.15, -0.1) is 0 Å². The Morgan fingerprint density at radius 2 is 2.10 bits per heavy atom. The molecule has 0 aromatic heterocycles. The molecule has 0 unspecified atom stereocenters. The van der Waals surface area contributed by atoms with Crippen molar-refractivity contribution in [3.05, 3.63) is 35.1 Å². The van der Waals surface area contributed by atoms with E-state index in [0.29, 0.717) is 12.1 Å². The van der Waals surface area contributed by atoms with Crippen LogP contribution in [0.5, 0.6) is 0 Å². The Kier molecular flexibility index (Phi) is 5.25. The van der Waals surface area contributed by atoms with Crippen molar-refractivity contribution in [2.24, 2.45) is 11.7 Å². The predicted molar refractivity (Wildman–Crippen MR) is 84.4 cm³/mol. The maximum Gasteiger partial charge on any atom is 0.222 e. The molecule has 0 saturated carbocycles. The van der Waals surface area contributed by atoms with Crippen LogP contribution in [0.25, 0.3) is 0 Å². The minimum Gasteiger partial charge on any atom is -0.389 e. The summed E-state index contributed by atoms with van der Waals surface area (Å²) in [6.45, 7) is 2.31. The molecule has 1 aromatic carbocycles. The minimum atomic E-state index is -0.324. The maximum absolute atomic E-state index is 13.6. The molecule has 0 spiro atoms. The van der Waals surface area contributed by atoms with E-state index in [0.717, 1.165) is 31.5 Å². The van der Waals surface area contributed by atoms with Crippen LogP contribution in [-0.4, -0.2) is 35.9 Å². The Balaban J connectivity index is 1.97. The van der Waals surface area contributed by atoms with Crippen LogP contribution in [0.1, 0.15) is 24.0 Å². The Bertz CT molecular complexity index is 542. The average Bonchev–Trinajstić information content (AvgIpc) is 2.46. The molecule has 1 saturated heterocycles. The molecule has 1 aromatic rings. The summed E-state index contributed by atoms with van der Waals surface area (Å²) in [7, 11) is 1.67. The standard InChI is InChI=1S/C15H20FN3OS/c1-18-15(20)11-2-4-19(5-3-11)9-10-6-12(14(17)21)8-13(16)7-10/h6-8,11H,2-5,9H2,1H3,(H2,17,21)(H,18,20). The van der Waals surface area contributed by atoms with Crippen molar-refractivity contribution < 1.29 is 9.18 Å². The number of rotatable bonds is 4. The fourth-order valence-electron chi connectivity index (χ4n) is 2.70. The molecular weight excluding hydrogens is 289 g/mol. The maximum atomic E-state index is 13.6. The van der Waals surface area contributed by atoms with E-state index in [1.807, 2.05) is 6.07 Å². The average molecular weight is 309 g/mol. The van der Waals surface area contributed by atoms with Crippen LogP contribution < -0.4 is 11.1 Å². The lowest BCUT2D eigenvalue weighted by Crippen LogP contribution is -2.39. The number of nitrogens with one attached hydrogen (secondary N) is 1. The fraction of sp³-hybridized carbons (Fsp3) is 0.467. The monoisotopic (exact) mass is 309 g/mol. The van der Waals surface area contributed by atoms with E-state index in [4.69, 9.17) is 18.0 Å². The predicted octanol–water partition coefficient (Wildman–Crippen LogP) is 1.42. The molecule has 6 heteroatoms. The summed E-state index contributed by atoms with van der Waals surface area (Å²) in [5.41, 5.74) is 6.97. The molecule has 1 aliphatic heterocycles. The number of hydrogen-bond acceptors (Lipinski definition) is 3. The summed E-state index contributed by atoms with van der Waals surface area (Å²) in [4.78, 5) is 14.0. The molecule has 0 radical (unpaired) electrons.